The Kier molecular flexibility index (Phi) is 6.02. The summed E-state index contributed by atoms with van der Waals surface area (Å²) in [6.45, 7) is -0.142. The summed E-state index contributed by atoms with van der Waals surface area (Å²) in [6.07, 6.45) is 0. The summed E-state index contributed by atoms with van der Waals surface area (Å²) in [7, 11) is 0. The van der Waals surface area contributed by atoms with Crippen molar-refractivity contribution < 1.29 is 19.2 Å². The maximum Gasteiger partial charge on any atom is 0.338 e. The van der Waals surface area contributed by atoms with Crippen LogP contribution in [0.3, 0.4) is 0 Å². The molecule has 0 radical (unpaired) electrons. The van der Waals surface area contributed by atoms with Crippen LogP contribution in [0, 0.1) is 10.1 Å². The quantitative estimate of drug-likeness (QED) is 0.462. The van der Waals surface area contributed by atoms with Gasteiger partial charge in [0.15, 0.2) is 6.61 Å². The van der Waals surface area contributed by atoms with Gasteiger partial charge < -0.3 is 10.1 Å². The van der Waals surface area contributed by atoms with Crippen LogP contribution in [0.2, 0.25) is 0 Å². The second-order valence-corrected chi connectivity index (χ2v) is 5.62. The van der Waals surface area contributed by atoms with E-state index in [1.165, 1.54) is 12.1 Å². The van der Waals surface area contributed by atoms with Gasteiger partial charge in [-0.3, -0.25) is 14.9 Å². The van der Waals surface area contributed by atoms with Crippen molar-refractivity contribution >= 4 is 33.5 Å². The Labute approximate surface area is 145 Å². The van der Waals surface area contributed by atoms with Crippen molar-refractivity contribution in [2.75, 3.05) is 6.61 Å². The van der Waals surface area contributed by atoms with Gasteiger partial charge in [-0.05, 0) is 33.6 Å². The molecule has 8 heteroatoms. The standard InChI is InChI=1S/C16H13BrN2O5/c17-13-7-6-12(8-14(13)19(22)23)16(21)24-10-15(20)18-9-11-4-2-1-3-5-11/h1-8H,9-10H2,(H,18,20). The minimum absolute atomic E-state index is 0.000703. The monoisotopic (exact) mass is 392 g/mol. The normalized spacial score (nSPS) is 10.0. The second-order valence-electron chi connectivity index (χ2n) is 4.76. The average Bonchev–Trinajstić information content (AvgIpc) is 2.59. The summed E-state index contributed by atoms with van der Waals surface area (Å²) in [4.78, 5) is 33.8. The van der Waals surface area contributed by atoms with E-state index in [2.05, 4.69) is 21.2 Å². The zero-order chi connectivity index (χ0) is 17.5. The first-order valence-corrected chi connectivity index (χ1v) is 7.68. The van der Waals surface area contributed by atoms with Gasteiger partial charge in [-0.1, -0.05) is 30.3 Å². The van der Waals surface area contributed by atoms with E-state index in [0.29, 0.717) is 6.54 Å². The van der Waals surface area contributed by atoms with Crippen molar-refractivity contribution in [2.24, 2.45) is 0 Å². The molecule has 1 N–H and O–H groups in total. The molecule has 0 bridgehead atoms. The predicted molar refractivity (Wildman–Crippen MR) is 89.4 cm³/mol. The Hall–Kier alpha value is -2.74. The Morgan fingerprint density at radius 1 is 1.17 bits per heavy atom. The van der Waals surface area contributed by atoms with Crippen LogP contribution in [-0.2, 0) is 16.1 Å². The molecule has 0 atom stereocenters. The third kappa shape index (κ3) is 4.88. The van der Waals surface area contributed by atoms with Crippen molar-refractivity contribution in [2.45, 2.75) is 6.54 Å². The fourth-order valence-corrected chi connectivity index (χ4v) is 2.23. The lowest BCUT2D eigenvalue weighted by atomic mass is 10.2. The molecular weight excluding hydrogens is 380 g/mol. The average molecular weight is 393 g/mol. The summed E-state index contributed by atoms with van der Waals surface area (Å²) in [6, 6.07) is 13.1. The van der Waals surface area contributed by atoms with Crippen LogP contribution >= 0.6 is 15.9 Å². The van der Waals surface area contributed by atoms with Crippen molar-refractivity contribution in [1.29, 1.82) is 0 Å². The third-order valence-electron chi connectivity index (χ3n) is 3.05. The largest absolute Gasteiger partial charge is 0.452 e. The van der Waals surface area contributed by atoms with E-state index in [1.807, 2.05) is 30.3 Å². The second kappa shape index (κ2) is 8.21. The smallest absolute Gasteiger partial charge is 0.338 e. The van der Waals surface area contributed by atoms with Crippen LogP contribution < -0.4 is 5.32 Å². The molecule has 0 unspecified atom stereocenters. The van der Waals surface area contributed by atoms with Crippen LogP contribution in [-0.4, -0.2) is 23.4 Å². The van der Waals surface area contributed by atoms with E-state index in [-0.39, 0.29) is 15.7 Å². The molecule has 124 valence electrons. The first-order valence-electron chi connectivity index (χ1n) is 6.89. The Morgan fingerprint density at radius 3 is 2.54 bits per heavy atom. The molecule has 0 aliphatic heterocycles. The van der Waals surface area contributed by atoms with Crippen molar-refractivity contribution in [3.63, 3.8) is 0 Å². The van der Waals surface area contributed by atoms with Gasteiger partial charge in [0.2, 0.25) is 0 Å². The number of esters is 1. The number of hydrogen-bond donors (Lipinski definition) is 1. The molecule has 0 saturated heterocycles. The molecule has 0 aromatic heterocycles. The zero-order valence-electron chi connectivity index (χ0n) is 12.4. The Balaban J connectivity index is 1.87. The number of carbonyl (C=O) groups is 2. The first-order chi connectivity index (χ1) is 11.5. The molecular formula is C16H13BrN2O5. The number of nitrogens with zero attached hydrogens (tertiary/aromatic N) is 1. The summed E-state index contributed by atoms with van der Waals surface area (Å²) in [5, 5.41) is 13.5. The van der Waals surface area contributed by atoms with Crippen molar-refractivity contribution in [1.82, 2.24) is 5.32 Å². The van der Waals surface area contributed by atoms with E-state index >= 15 is 0 Å². The fraction of sp³-hybridized carbons (Fsp3) is 0.125. The van der Waals surface area contributed by atoms with Crippen LogP contribution in [0.4, 0.5) is 5.69 Å². The van der Waals surface area contributed by atoms with Gasteiger partial charge >= 0.3 is 5.97 Å². The zero-order valence-corrected chi connectivity index (χ0v) is 14.0. The highest BCUT2D eigenvalue weighted by Gasteiger charge is 2.17. The van der Waals surface area contributed by atoms with E-state index in [0.717, 1.165) is 11.6 Å². The topological polar surface area (TPSA) is 98.5 Å². The van der Waals surface area contributed by atoms with E-state index in [1.54, 1.807) is 0 Å². The lowest BCUT2D eigenvalue weighted by Crippen LogP contribution is -2.28. The molecule has 2 aromatic rings. The van der Waals surface area contributed by atoms with E-state index in [4.69, 9.17) is 4.74 Å². The number of hydrogen-bond acceptors (Lipinski definition) is 5. The number of nitro groups is 1. The molecule has 0 saturated carbocycles. The highest BCUT2D eigenvalue weighted by atomic mass is 79.9. The molecule has 0 heterocycles. The van der Waals surface area contributed by atoms with Crippen LogP contribution in [0.5, 0.6) is 0 Å². The van der Waals surface area contributed by atoms with Gasteiger partial charge in [0, 0.05) is 12.6 Å². The molecule has 2 aromatic carbocycles. The molecule has 1 amide bonds. The van der Waals surface area contributed by atoms with Crippen LogP contribution in [0.15, 0.2) is 53.0 Å². The number of rotatable bonds is 6. The third-order valence-corrected chi connectivity index (χ3v) is 3.72. The maximum atomic E-state index is 11.9. The lowest BCUT2D eigenvalue weighted by molar-refractivity contribution is -0.385. The van der Waals surface area contributed by atoms with Crippen LogP contribution in [0.25, 0.3) is 0 Å². The van der Waals surface area contributed by atoms with E-state index in [9.17, 15) is 19.7 Å². The van der Waals surface area contributed by atoms with Gasteiger partial charge in [0.05, 0.1) is 15.0 Å². The summed E-state index contributed by atoms with van der Waals surface area (Å²) >= 11 is 3.03. The van der Waals surface area contributed by atoms with Gasteiger partial charge in [-0.2, -0.15) is 0 Å². The fourth-order valence-electron chi connectivity index (χ4n) is 1.84. The van der Waals surface area contributed by atoms with Gasteiger partial charge in [-0.25, -0.2) is 4.79 Å². The lowest BCUT2D eigenvalue weighted by Gasteiger charge is -2.07. The molecule has 24 heavy (non-hydrogen) atoms. The molecule has 0 fully saturated rings. The Morgan fingerprint density at radius 2 is 1.88 bits per heavy atom. The minimum atomic E-state index is -0.805. The molecule has 2 rings (SSSR count). The molecule has 7 nitrogen and oxygen atoms in total. The summed E-state index contributed by atoms with van der Waals surface area (Å²) < 4.78 is 5.12. The van der Waals surface area contributed by atoms with Gasteiger partial charge in [0.1, 0.15) is 0 Å². The highest BCUT2D eigenvalue weighted by Crippen LogP contribution is 2.25. The SMILES string of the molecule is O=C(COC(=O)c1ccc(Br)c([N+](=O)[O-])c1)NCc1ccccc1. The number of ether oxygens (including phenoxy) is 1. The number of nitrogens with one attached hydrogen (secondary N) is 1. The van der Waals surface area contributed by atoms with Crippen molar-refractivity contribution in [3.8, 4) is 0 Å². The summed E-state index contributed by atoms with van der Waals surface area (Å²) in [5.41, 5.74) is 0.666. The van der Waals surface area contributed by atoms with E-state index < -0.39 is 23.4 Å². The number of nitro benzene ring substituents is 1. The number of halogens is 1. The minimum Gasteiger partial charge on any atom is -0.452 e. The molecule has 0 spiro atoms. The first kappa shape index (κ1) is 17.6. The molecule has 0 aliphatic rings. The number of carbonyl (C=O) groups excluding carboxylic acids is 2. The highest BCUT2D eigenvalue weighted by molar-refractivity contribution is 9.10. The Bertz CT molecular complexity index is 764. The molecule has 0 aliphatic carbocycles. The summed E-state index contributed by atoms with van der Waals surface area (Å²) in [5.74, 6) is -1.26. The number of benzene rings is 2. The van der Waals surface area contributed by atoms with Gasteiger partial charge in [0.25, 0.3) is 11.6 Å². The van der Waals surface area contributed by atoms with Crippen LogP contribution in [0.1, 0.15) is 15.9 Å². The maximum absolute atomic E-state index is 11.9. The predicted octanol–water partition coefficient (Wildman–Crippen LogP) is 2.83. The number of amides is 1. The van der Waals surface area contributed by atoms with Crippen molar-refractivity contribution in [3.05, 3.63) is 74.2 Å². The van der Waals surface area contributed by atoms with Gasteiger partial charge in [-0.15, -0.1) is 0 Å².